The Balaban J connectivity index is 0.00000261. The number of likely N-dealkylation sites (tertiary alicyclic amines) is 1. The van der Waals surface area contributed by atoms with Crippen molar-refractivity contribution in [3.8, 4) is 16.9 Å². The molecular formula is C19H22Cl3NO3S. The van der Waals surface area contributed by atoms with E-state index in [0.29, 0.717) is 32.2 Å². The molecule has 1 aromatic heterocycles. The summed E-state index contributed by atoms with van der Waals surface area (Å²) in [6, 6.07) is 5.23. The zero-order valence-corrected chi connectivity index (χ0v) is 18.1. The average molecular weight is 451 g/mol. The molecule has 0 spiro atoms. The highest BCUT2D eigenvalue weighted by Crippen LogP contribution is 2.40. The molecule has 8 heteroatoms. The number of hydrogen-bond donors (Lipinski definition) is 1. The first-order valence-electron chi connectivity index (χ1n) is 8.64. The molecule has 0 unspecified atom stereocenters. The molecule has 0 amide bonds. The fraction of sp³-hybridized carbons (Fsp3) is 0.421. The summed E-state index contributed by atoms with van der Waals surface area (Å²) in [7, 11) is 0. The first-order chi connectivity index (χ1) is 12.5. The molecule has 1 aromatic carbocycles. The number of hydrogen-bond acceptors (Lipinski definition) is 4. The number of benzene rings is 1. The zero-order valence-electron chi connectivity index (χ0n) is 15.0. The van der Waals surface area contributed by atoms with Crippen molar-refractivity contribution in [1.82, 2.24) is 4.90 Å². The van der Waals surface area contributed by atoms with Crippen molar-refractivity contribution in [1.29, 1.82) is 0 Å². The normalized spacial score (nSPS) is 14.6. The zero-order chi connectivity index (χ0) is 18.7. The number of thiophene rings is 1. The van der Waals surface area contributed by atoms with Crippen molar-refractivity contribution in [2.24, 2.45) is 0 Å². The Bertz CT molecular complexity index is 804. The van der Waals surface area contributed by atoms with E-state index in [2.05, 4.69) is 4.90 Å². The van der Waals surface area contributed by atoms with Crippen LogP contribution in [0.3, 0.4) is 0 Å². The van der Waals surface area contributed by atoms with Crippen LogP contribution in [0.1, 0.15) is 35.2 Å². The number of halogens is 3. The Morgan fingerprint density at radius 1 is 1.22 bits per heavy atom. The van der Waals surface area contributed by atoms with E-state index in [-0.39, 0.29) is 18.0 Å². The molecule has 148 valence electrons. The maximum atomic E-state index is 11.6. The van der Waals surface area contributed by atoms with E-state index < -0.39 is 5.97 Å². The average Bonchev–Trinajstić information content (AvgIpc) is 2.95. The van der Waals surface area contributed by atoms with Crippen molar-refractivity contribution in [3.63, 3.8) is 0 Å². The predicted octanol–water partition coefficient (Wildman–Crippen LogP) is 6.02. The molecule has 4 nitrogen and oxygen atoms in total. The standard InChI is InChI=1S/C19H21Cl2NO3S.ClH/c1-12-14(19(23)24)9-13(15-11-17(20)26-18(15)21)10-16(12)25-8-7-22-5-3-2-4-6-22;/h9-11H,2-8H2,1H3,(H,23,24);1H. The van der Waals surface area contributed by atoms with Crippen LogP contribution < -0.4 is 4.74 Å². The molecule has 0 saturated carbocycles. The Morgan fingerprint density at radius 2 is 1.93 bits per heavy atom. The van der Waals surface area contributed by atoms with Crippen molar-refractivity contribution < 1.29 is 14.6 Å². The summed E-state index contributed by atoms with van der Waals surface area (Å²) in [5, 5.41) is 9.55. The summed E-state index contributed by atoms with van der Waals surface area (Å²) >= 11 is 13.5. The van der Waals surface area contributed by atoms with Gasteiger partial charge >= 0.3 is 5.97 Å². The Hall–Kier alpha value is -0.980. The number of ether oxygens (including phenoxy) is 1. The third kappa shape index (κ3) is 5.52. The smallest absolute Gasteiger partial charge is 0.336 e. The second-order valence-corrected chi connectivity index (χ2v) is 8.73. The minimum absolute atomic E-state index is 0. The van der Waals surface area contributed by atoms with E-state index in [1.807, 2.05) is 6.07 Å². The van der Waals surface area contributed by atoms with Gasteiger partial charge in [0.2, 0.25) is 0 Å². The van der Waals surface area contributed by atoms with Gasteiger partial charge in [-0.2, -0.15) is 0 Å². The highest BCUT2D eigenvalue weighted by atomic mass is 35.5. The highest BCUT2D eigenvalue weighted by molar-refractivity contribution is 7.20. The molecule has 0 radical (unpaired) electrons. The molecule has 3 rings (SSSR count). The fourth-order valence-corrected chi connectivity index (χ4v) is 4.73. The molecule has 0 atom stereocenters. The Labute approximate surface area is 179 Å². The van der Waals surface area contributed by atoms with Gasteiger partial charge in [0, 0.05) is 17.7 Å². The molecule has 1 N–H and O–H groups in total. The third-order valence-electron chi connectivity index (χ3n) is 4.67. The summed E-state index contributed by atoms with van der Waals surface area (Å²) < 4.78 is 7.06. The Kier molecular flexibility index (Phi) is 8.25. The van der Waals surface area contributed by atoms with E-state index in [1.165, 1.54) is 30.6 Å². The lowest BCUT2D eigenvalue weighted by atomic mass is 10.0. The maximum Gasteiger partial charge on any atom is 0.336 e. The van der Waals surface area contributed by atoms with Gasteiger partial charge in [0.25, 0.3) is 0 Å². The molecule has 1 aliphatic rings. The second kappa shape index (κ2) is 9.99. The Morgan fingerprint density at radius 3 is 2.52 bits per heavy atom. The minimum atomic E-state index is -0.984. The summed E-state index contributed by atoms with van der Waals surface area (Å²) in [4.78, 5) is 14.0. The number of aromatic carboxylic acids is 1. The van der Waals surface area contributed by atoms with Crippen LogP contribution in [-0.4, -0.2) is 42.2 Å². The summed E-state index contributed by atoms with van der Waals surface area (Å²) in [6.07, 6.45) is 3.76. The fourth-order valence-electron chi connectivity index (χ4n) is 3.22. The minimum Gasteiger partial charge on any atom is -0.492 e. The van der Waals surface area contributed by atoms with Crippen LogP contribution in [0.5, 0.6) is 5.75 Å². The van der Waals surface area contributed by atoms with E-state index in [1.54, 1.807) is 19.1 Å². The van der Waals surface area contributed by atoms with Gasteiger partial charge in [0.1, 0.15) is 16.7 Å². The van der Waals surface area contributed by atoms with Gasteiger partial charge in [-0.3, -0.25) is 4.90 Å². The number of carboxylic acids is 1. The van der Waals surface area contributed by atoms with Crippen molar-refractivity contribution in [2.45, 2.75) is 26.2 Å². The monoisotopic (exact) mass is 449 g/mol. The van der Waals surface area contributed by atoms with Gasteiger partial charge in [0.05, 0.1) is 9.90 Å². The largest absolute Gasteiger partial charge is 0.492 e. The number of carboxylic acid groups (broad SMARTS) is 1. The van der Waals surface area contributed by atoms with E-state index in [0.717, 1.165) is 25.2 Å². The van der Waals surface area contributed by atoms with Crippen LogP contribution in [0.2, 0.25) is 8.67 Å². The SMILES string of the molecule is Cc1c(OCCN2CCCCC2)cc(-c2cc(Cl)sc2Cl)cc1C(=O)O.Cl. The lowest BCUT2D eigenvalue weighted by molar-refractivity contribution is 0.0695. The van der Waals surface area contributed by atoms with Crippen LogP contribution in [-0.2, 0) is 0 Å². The molecule has 2 heterocycles. The topological polar surface area (TPSA) is 49.8 Å². The molecule has 0 aliphatic carbocycles. The number of piperidine rings is 1. The summed E-state index contributed by atoms with van der Waals surface area (Å²) in [5.41, 5.74) is 2.27. The quantitative estimate of drug-likeness (QED) is 0.585. The van der Waals surface area contributed by atoms with Gasteiger partial charge in [-0.25, -0.2) is 4.79 Å². The predicted molar refractivity (Wildman–Crippen MR) is 115 cm³/mol. The van der Waals surface area contributed by atoms with Crippen LogP contribution in [0.15, 0.2) is 18.2 Å². The lowest BCUT2D eigenvalue weighted by Gasteiger charge is -2.26. The van der Waals surface area contributed by atoms with Gasteiger partial charge in [-0.05, 0) is 56.6 Å². The van der Waals surface area contributed by atoms with Gasteiger partial charge in [-0.1, -0.05) is 29.6 Å². The molecule has 1 fully saturated rings. The first-order valence-corrected chi connectivity index (χ1v) is 10.2. The van der Waals surface area contributed by atoms with Gasteiger partial charge in [0.15, 0.2) is 0 Å². The van der Waals surface area contributed by atoms with E-state index in [9.17, 15) is 9.90 Å². The maximum absolute atomic E-state index is 11.6. The molecule has 2 aromatic rings. The first kappa shape index (κ1) is 22.3. The molecular weight excluding hydrogens is 429 g/mol. The number of carbonyl (C=O) groups is 1. The van der Waals surface area contributed by atoms with E-state index >= 15 is 0 Å². The van der Waals surface area contributed by atoms with Crippen LogP contribution in [0.25, 0.3) is 11.1 Å². The van der Waals surface area contributed by atoms with Crippen molar-refractivity contribution in [2.75, 3.05) is 26.2 Å². The van der Waals surface area contributed by atoms with Crippen molar-refractivity contribution >= 4 is 52.9 Å². The van der Waals surface area contributed by atoms with E-state index in [4.69, 9.17) is 27.9 Å². The molecule has 27 heavy (non-hydrogen) atoms. The number of rotatable bonds is 6. The van der Waals surface area contributed by atoms with Gasteiger partial charge < -0.3 is 9.84 Å². The van der Waals surface area contributed by atoms with Crippen LogP contribution >= 0.6 is 46.9 Å². The van der Waals surface area contributed by atoms with Crippen LogP contribution in [0, 0.1) is 6.92 Å². The van der Waals surface area contributed by atoms with Crippen LogP contribution in [0.4, 0.5) is 0 Å². The summed E-state index contributed by atoms with van der Waals surface area (Å²) in [5.74, 6) is -0.405. The third-order valence-corrected chi connectivity index (χ3v) is 6.16. The van der Waals surface area contributed by atoms with Gasteiger partial charge in [-0.15, -0.1) is 23.7 Å². The molecule has 1 aliphatic heterocycles. The number of nitrogens with zero attached hydrogens (tertiary/aromatic N) is 1. The molecule has 0 bridgehead atoms. The second-order valence-electron chi connectivity index (χ2n) is 6.44. The van der Waals surface area contributed by atoms with Crippen molar-refractivity contribution in [3.05, 3.63) is 38.0 Å². The lowest BCUT2D eigenvalue weighted by Crippen LogP contribution is -2.33. The molecule has 1 saturated heterocycles. The summed E-state index contributed by atoms with van der Waals surface area (Å²) in [6.45, 7) is 5.35. The highest BCUT2D eigenvalue weighted by Gasteiger charge is 2.18.